The lowest BCUT2D eigenvalue weighted by molar-refractivity contribution is 0.263. The molecule has 2 aromatic rings. The molecule has 0 spiro atoms. The van der Waals surface area contributed by atoms with E-state index in [1.54, 1.807) is 7.11 Å². The highest BCUT2D eigenvalue weighted by Gasteiger charge is 2.20. The van der Waals surface area contributed by atoms with E-state index in [2.05, 4.69) is 29.6 Å². The third-order valence-corrected chi connectivity index (χ3v) is 3.71. The van der Waals surface area contributed by atoms with Gasteiger partial charge in [0.15, 0.2) is 11.5 Å². The van der Waals surface area contributed by atoms with Gasteiger partial charge in [-0.3, -0.25) is 0 Å². The molecule has 0 fully saturated rings. The van der Waals surface area contributed by atoms with Crippen molar-refractivity contribution in [2.45, 2.75) is 12.5 Å². The number of ether oxygens (including phenoxy) is 2. The SMILES string of the molecule is COc1ccccc1OCC1CNCc2ccccc21. The first-order chi connectivity index (χ1) is 9.88. The van der Waals surface area contributed by atoms with Crippen LogP contribution >= 0.6 is 0 Å². The topological polar surface area (TPSA) is 30.5 Å². The van der Waals surface area contributed by atoms with Crippen LogP contribution in [0.3, 0.4) is 0 Å². The fraction of sp³-hybridized carbons (Fsp3) is 0.294. The van der Waals surface area contributed by atoms with Crippen LogP contribution in [0.2, 0.25) is 0 Å². The molecule has 0 amide bonds. The van der Waals surface area contributed by atoms with E-state index in [0.717, 1.165) is 24.6 Å². The fourth-order valence-corrected chi connectivity index (χ4v) is 2.66. The van der Waals surface area contributed by atoms with Crippen LogP contribution in [-0.2, 0) is 6.54 Å². The summed E-state index contributed by atoms with van der Waals surface area (Å²) in [5.41, 5.74) is 2.76. The summed E-state index contributed by atoms with van der Waals surface area (Å²) in [6.07, 6.45) is 0. The van der Waals surface area contributed by atoms with Crippen LogP contribution in [0.5, 0.6) is 11.5 Å². The Morgan fingerprint density at radius 3 is 2.65 bits per heavy atom. The molecule has 1 aliphatic heterocycles. The molecular formula is C17H19NO2. The van der Waals surface area contributed by atoms with Crippen molar-refractivity contribution in [1.82, 2.24) is 5.32 Å². The van der Waals surface area contributed by atoms with Gasteiger partial charge in [0.25, 0.3) is 0 Å². The van der Waals surface area contributed by atoms with Gasteiger partial charge in [0.05, 0.1) is 13.7 Å². The maximum Gasteiger partial charge on any atom is 0.161 e. The molecule has 0 aromatic heterocycles. The molecule has 3 heteroatoms. The maximum absolute atomic E-state index is 5.96. The van der Waals surface area contributed by atoms with Crippen molar-refractivity contribution in [3.05, 3.63) is 59.7 Å². The quantitative estimate of drug-likeness (QED) is 0.925. The number of nitrogens with one attached hydrogen (secondary N) is 1. The summed E-state index contributed by atoms with van der Waals surface area (Å²) < 4.78 is 11.3. The third-order valence-electron chi connectivity index (χ3n) is 3.71. The van der Waals surface area contributed by atoms with Crippen molar-refractivity contribution in [2.24, 2.45) is 0 Å². The number of benzene rings is 2. The summed E-state index contributed by atoms with van der Waals surface area (Å²) >= 11 is 0. The van der Waals surface area contributed by atoms with Gasteiger partial charge >= 0.3 is 0 Å². The molecule has 0 saturated carbocycles. The largest absolute Gasteiger partial charge is 0.493 e. The molecule has 1 heterocycles. The monoisotopic (exact) mass is 269 g/mol. The predicted molar refractivity (Wildman–Crippen MR) is 79.4 cm³/mol. The summed E-state index contributed by atoms with van der Waals surface area (Å²) in [7, 11) is 1.67. The van der Waals surface area contributed by atoms with Crippen LogP contribution in [0.4, 0.5) is 0 Å². The zero-order valence-corrected chi connectivity index (χ0v) is 11.6. The predicted octanol–water partition coefficient (Wildman–Crippen LogP) is 2.96. The Morgan fingerprint density at radius 2 is 1.80 bits per heavy atom. The smallest absolute Gasteiger partial charge is 0.161 e. The molecule has 104 valence electrons. The van der Waals surface area contributed by atoms with Crippen LogP contribution in [0.1, 0.15) is 17.0 Å². The number of hydrogen-bond acceptors (Lipinski definition) is 3. The molecule has 3 rings (SSSR count). The Hall–Kier alpha value is -2.00. The second-order valence-corrected chi connectivity index (χ2v) is 4.99. The summed E-state index contributed by atoms with van der Waals surface area (Å²) in [5.74, 6) is 1.97. The highest BCUT2D eigenvalue weighted by molar-refractivity contribution is 5.39. The number of para-hydroxylation sites is 2. The van der Waals surface area contributed by atoms with E-state index in [1.165, 1.54) is 11.1 Å². The van der Waals surface area contributed by atoms with Crippen molar-refractivity contribution in [3.63, 3.8) is 0 Å². The molecule has 1 unspecified atom stereocenters. The fourth-order valence-electron chi connectivity index (χ4n) is 2.66. The Kier molecular flexibility index (Phi) is 3.88. The molecule has 3 nitrogen and oxygen atoms in total. The lowest BCUT2D eigenvalue weighted by Gasteiger charge is -2.26. The minimum absolute atomic E-state index is 0.380. The highest BCUT2D eigenvalue weighted by atomic mass is 16.5. The highest BCUT2D eigenvalue weighted by Crippen LogP contribution is 2.29. The minimum atomic E-state index is 0.380. The molecule has 20 heavy (non-hydrogen) atoms. The van der Waals surface area contributed by atoms with Crippen molar-refractivity contribution < 1.29 is 9.47 Å². The molecule has 0 radical (unpaired) electrons. The Balaban J connectivity index is 1.73. The van der Waals surface area contributed by atoms with Gasteiger partial charge in [-0.05, 0) is 23.3 Å². The van der Waals surface area contributed by atoms with Crippen molar-refractivity contribution >= 4 is 0 Å². The first kappa shape index (κ1) is 13.0. The van der Waals surface area contributed by atoms with Crippen molar-refractivity contribution in [2.75, 3.05) is 20.3 Å². The van der Waals surface area contributed by atoms with Crippen LogP contribution in [0.25, 0.3) is 0 Å². The van der Waals surface area contributed by atoms with Gasteiger partial charge in [-0.15, -0.1) is 0 Å². The Bertz CT molecular complexity index is 583. The average molecular weight is 269 g/mol. The molecular weight excluding hydrogens is 250 g/mol. The third kappa shape index (κ3) is 2.63. The first-order valence-electron chi connectivity index (χ1n) is 6.93. The van der Waals surface area contributed by atoms with E-state index >= 15 is 0 Å². The van der Waals surface area contributed by atoms with Crippen LogP contribution < -0.4 is 14.8 Å². The lowest BCUT2D eigenvalue weighted by Crippen LogP contribution is -2.31. The summed E-state index contributed by atoms with van der Waals surface area (Å²) in [4.78, 5) is 0. The zero-order chi connectivity index (χ0) is 13.8. The maximum atomic E-state index is 5.96. The molecule has 2 aromatic carbocycles. The summed E-state index contributed by atoms with van der Waals surface area (Å²) in [5, 5.41) is 3.44. The van der Waals surface area contributed by atoms with E-state index in [9.17, 15) is 0 Å². The van der Waals surface area contributed by atoms with E-state index in [1.807, 2.05) is 24.3 Å². The average Bonchev–Trinajstić information content (AvgIpc) is 2.53. The second-order valence-electron chi connectivity index (χ2n) is 4.99. The van der Waals surface area contributed by atoms with E-state index in [4.69, 9.17) is 9.47 Å². The number of rotatable bonds is 4. The van der Waals surface area contributed by atoms with E-state index < -0.39 is 0 Å². The van der Waals surface area contributed by atoms with Crippen LogP contribution in [-0.4, -0.2) is 20.3 Å². The van der Waals surface area contributed by atoms with Gasteiger partial charge in [-0.25, -0.2) is 0 Å². The van der Waals surface area contributed by atoms with Crippen molar-refractivity contribution in [3.8, 4) is 11.5 Å². The molecule has 1 N–H and O–H groups in total. The Morgan fingerprint density at radius 1 is 1.05 bits per heavy atom. The molecule has 0 saturated heterocycles. The first-order valence-corrected chi connectivity index (χ1v) is 6.93. The number of fused-ring (bicyclic) bond motifs is 1. The number of hydrogen-bond donors (Lipinski definition) is 1. The number of methoxy groups -OCH3 is 1. The van der Waals surface area contributed by atoms with Gasteiger partial charge in [-0.1, -0.05) is 36.4 Å². The standard InChI is InChI=1S/C17H19NO2/c1-19-16-8-4-5-9-17(16)20-12-14-11-18-10-13-6-2-3-7-15(13)14/h2-9,14,18H,10-12H2,1H3. The van der Waals surface area contributed by atoms with Crippen LogP contribution in [0.15, 0.2) is 48.5 Å². The van der Waals surface area contributed by atoms with E-state index in [-0.39, 0.29) is 0 Å². The van der Waals surface area contributed by atoms with Gasteiger partial charge in [0.2, 0.25) is 0 Å². The summed E-state index contributed by atoms with van der Waals surface area (Å²) in [6.45, 7) is 2.55. The van der Waals surface area contributed by atoms with Gasteiger partial charge in [-0.2, -0.15) is 0 Å². The minimum Gasteiger partial charge on any atom is -0.493 e. The molecule has 1 aliphatic rings. The molecule has 1 atom stereocenters. The lowest BCUT2D eigenvalue weighted by atomic mass is 9.91. The second kappa shape index (κ2) is 5.97. The normalized spacial score (nSPS) is 17.4. The zero-order valence-electron chi connectivity index (χ0n) is 11.6. The van der Waals surface area contributed by atoms with Crippen LogP contribution in [0, 0.1) is 0 Å². The van der Waals surface area contributed by atoms with E-state index in [0.29, 0.717) is 12.5 Å². The summed E-state index contributed by atoms with van der Waals surface area (Å²) in [6, 6.07) is 16.3. The van der Waals surface area contributed by atoms with Crippen molar-refractivity contribution in [1.29, 1.82) is 0 Å². The van der Waals surface area contributed by atoms with Gasteiger partial charge < -0.3 is 14.8 Å². The van der Waals surface area contributed by atoms with Gasteiger partial charge in [0.1, 0.15) is 0 Å². The van der Waals surface area contributed by atoms with Gasteiger partial charge in [0, 0.05) is 19.0 Å². The molecule has 0 bridgehead atoms. The Labute approximate surface area is 119 Å². The molecule has 0 aliphatic carbocycles.